The van der Waals surface area contributed by atoms with Crippen molar-refractivity contribution in [1.29, 1.82) is 0 Å². The minimum absolute atomic E-state index is 0.0337. The molecule has 4 rings (SSSR count). The van der Waals surface area contributed by atoms with Crippen LogP contribution in [0.1, 0.15) is 32.6 Å². The number of carbonyl (C=O) groups excluding carboxylic acids is 2. The first-order chi connectivity index (χ1) is 15.3. The average Bonchev–Trinajstić information content (AvgIpc) is 3.09. The van der Waals surface area contributed by atoms with Gasteiger partial charge in [-0.25, -0.2) is 0 Å². The lowest BCUT2D eigenvalue weighted by Crippen LogP contribution is -2.07. The third-order valence-corrected chi connectivity index (χ3v) is 5.12. The summed E-state index contributed by atoms with van der Waals surface area (Å²) in [4.78, 5) is 24.6. The van der Waals surface area contributed by atoms with Crippen molar-refractivity contribution in [2.24, 2.45) is 0 Å². The Hall–Kier alpha value is -3.93. The van der Waals surface area contributed by atoms with Crippen LogP contribution in [0.3, 0.4) is 0 Å². The van der Waals surface area contributed by atoms with Crippen LogP contribution in [0, 0.1) is 0 Å². The van der Waals surface area contributed by atoms with Crippen LogP contribution >= 0.6 is 0 Å². The topological polar surface area (TPSA) is 46.2 Å². The van der Waals surface area contributed by atoms with Gasteiger partial charge in [-0.3, -0.25) is 9.59 Å². The third-order valence-electron chi connectivity index (χ3n) is 5.12. The molecule has 0 heterocycles. The number of anilines is 1. The van der Waals surface area contributed by atoms with Crippen LogP contribution in [0.5, 0.6) is 0 Å². The summed E-state index contributed by atoms with van der Waals surface area (Å²) in [5, 5.41) is 2.70. The summed E-state index contributed by atoms with van der Waals surface area (Å²) in [6, 6.07) is 19.1. The van der Waals surface area contributed by atoms with Gasteiger partial charge >= 0.3 is 6.18 Å². The largest absolute Gasteiger partial charge is 0.416 e. The van der Waals surface area contributed by atoms with Gasteiger partial charge in [-0.2, -0.15) is 13.2 Å². The summed E-state index contributed by atoms with van der Waals surface area (Å²) in [7, 11) is 0. The highest BCUT2D eigenvalue weighted by Crippen LogP contribution is 2.29. The van der Waals surface area contributed by atoms with Crippen LogP contribution in [0.15, 0.2) is 84.4 Å². The first-order valence-corrected chi connectivity index (χ1v) is 9.89. The van der Waals surface area contributed by atoms with E-state index in [1.165, 1.54) is 24.3 Å². The Kier molecular flexibility index (Phi) is 5.77. The monoisotopic (exact) mass is 433 g/mol. The van der Waals surface area contributed by atoms with Crippen LogP contribution < -0.4 is 5.32 Å². The van der Waals surface area contributed by atoms with E-state index in [1.54, 1.807) is 24.3 Å². The summed E-state index contributed by atoms with van der Waals surface area (Å²) in [6.45, 7) is 0. The van der Waals surface area contributed by atoms with E-state index in [4.69, 9.17) is 0 Å². The molecule has 3 aromatic rings. The molecule has 0 aliphatic heterocycles. The summed E-state index contributed by atoms with van der Waals surface area (Å²) in [5.74, 6) is -0.371. The predicted molar refractivity (Wildman–Crippen MR) is 118 cm³/mol. The number of Topliss-reactive ketones (excluding diaryl/α,β-unsaturated/α-hetero) is 1. The minimum Gasteiger partial charge on any atom is -0.323 e. The van der Waals surface area contributed by atoms with E-state index < -0.39 is 17.6 Å². The number of allylic oxidation sites excluding steroid dienone is 1. The third kappa shape index (κ3) is 4.86. The zero-order valence-electron chi connectivity index (χ0n) is 16.8. The van der Waals surface area contributed by atoms with Crippen molar-refractivity contribution >= 4 is 29.5 Å². The maximum atomic E-state index is 12.6. The Labute approximate surface area is 182 Å². The number of rotatable bonds is 4. The number of alkyl halides is 3. The van der Waals surface area contributed by atoms with E-state index >= 15 is 0 Å². The van der Waals surface area contributed by atoms with Crippen LogP contribution in [0.25, 0.3) is 12.2 Å². The van der Waals surface area contributed by atoms with E-state index in [1.807, 2.05) is 30.3 Å². The smallest absolute Gasteiger partial charge is 0.323 e. The predicted octanol–water partition coefficient (Wildman–Crippen LogP) is 6.18. The molecule has 3 aromatic carbocycles. The van der Waals surface area contributed by atoms with E-state index in [9.17, 15) is 22.8 Å². The number of hydrogen-bond acceptors (Lipinski definition) is 2. The number of ketones is 1. The summed E-state index contributed by atoms with van der Waals surface area (Å²) < 4.78 is 37.8. The van der Waals surface area contributed by atoms with Crippen molar-refractivity contribution in [2.75, 3.05) is 5.32 Å². The van der Waals surface area contributed by atoms with E-state index in [-0.39, 0.29) is 5.78 Å². The average molecular weight is 433 g/mol. The maximum absolute atomic E-state index is 12.6. The fourth-order valence-electron chi connectivity index (χ4n) is 3.47. The molecule has 160 valence electrons. The molecule has 3 nitrogen and oxygen atoms in total. The molecule has 1 aliphatic carbocycles. The number of halogens is 3. The van der Waals surface area contributed by atoms with Crippen molar-refractivity contribution in [3.63, 3.8) is 0 Å². The van der Waals surface area contributed by atoms with Crippen molar-refractivity contribution in [3.05, 3.63) is 112 Å². The van der Waals surface area contributed by atoms with Crippen LogP contribution in [0.4, 0.5) is 18.9 Å². The molecule has 32 heavy (non-hydrogen) atoms. The molecule has 1 amide bonds. The molecular weight excluding hydrogens is 415 g/mol. The van der Waals surface area contributed by atoms with Crippen molar-refractivity contribution in [3.8, 4) is 0 Å². The molecule has 0 aromatic heterocycles. The second-order valence-corrected chi connectivity index (χ2v) is 7.40. The Balaban J connectivity index is 1.37. The SMILES string of the molecule is O=C(/C=C/c1ccc(C(F)(F)F)cc1)Nc1ccc(/C=C2\Cc3ccccc3C2=O)cc1. The Morgan fingerprint density at radius 2 is 1.53 bits per heavy atom. The highest BCUT2D eigenvalue weighted by atomic mass is 19.4. The van der Waals surface area contributed by atoms with Gasteiger partial charge in [0.25, 0.3) is 0 Å². The first kappa shape index (κ1) is 21.3. The fourth-order valence-corrected chi connectivity index (χ4v) is 3.47. The Morgan fingerprint density at radius 3 is 2.19 bits per heavy atom. The summed E-state index contributed by atoms with van der Waals surface area (Å²) in [6.07, 6.45) is 0.752. The second kappa shape index (κ2) is 8.67. The maximum Gasteiger partial charge on any atom is 0.416 e. The van der Waals surface area contributed by atoms with Gasteiger partial charge < -0.3 is 5.32 Å². The molecule has 0 saturated carbocycles. The fraction of sp³-hybridized carbons (Fsp3) is 0.0769. The number of carbonyl (C=O) groups is 2. The highest BCUT2D eigenvalue weighted by molar-refractivity contribution is 6.15. The molecule has 6 heteroatoms. The molecular formula is C26H18F3NO2. The zero-order chi connectivity index (χ0) is 22.7. The lowest BCUT2D eigenvalue weighted by molar-refractivity contribution is -0.137. The quantitative estimate of drug-likeness (QED) is 0.500. The van der Waals surface area contributed by atoms with Gasteiger partial charge in [-0.05, 0) is 53.1 Å². The Morgan fingerprint density at radius 1 is 0.875 bits per heavy atom. The molecule has 0 bridgehead atoms. The van der Waals surface area contributed by atoms with Crippen LogP contribution in [0.2, 0.25) is 0 Å². The van der Waals surface area contributed by atoms with Gasteiger partial charge in [0, 0.05) is 29.3 Å². The molecule has 0 spiro atoms. The van der Waals surface area contributed by atoms with E-state index in [0.717, 1.165) is 34.4 Å². The Bertz CT molecular complexity index is 1220. The van der Waals surface area contributed by atoms with Gasteiger partial charge in [0.15, 0.2) is 5.78 Å². The van der Waals surface area contributed by atoms with Gasteiger partial charge in [0.05, 0.1) is 5.56 Å². The van der Waals surface area contributed by atoms with Gasteiger partial charge in [0.1, 0.15) is 0 Å². The lowest BCUT2D eigenvalue weighted by atomic mass is 10.1. The van der Waals surface area contributed by atoms with E-state index in [2.05, 4.69) is 5.32 Å². The molecule has 0 saturated heterocycles. The minimum atomic E-state index is -4.39. The van der Waals surface area contributed by atoms with Crippen molar-refractivity contribution < 1.29 is 22.8 Å². The molecule has 0 unspecified atom stereocenters. The first-order valence-electron chi connectivity index (χ1n) is 9.89. The molecule has 1 aliphatic rings. The number of amides is 1. The number of benzene rings is 3. The lowest BCUT2D eigenvalue weighted by Gasteiger charge is -2.06. The van der Waals surface area contributed by atoms with Gasteiger partial charge in [-0.1, -0.05) is 48.5 Å². The van der Waals surface area contributed by atoms with Crippen LogP contribution in [-0.4, -0.2) is 11.7 Å². The second-order valence-electron chi connectivity index (χ2n) is 7.40. The highest BCUT2D eigenvalue weighted by Gasteiger charge is 2.29. The van der Waals surface area contributed by atoms with Gasteiger partial charge in [0.2, 0.25) is 5.91 Å². The summed E-state index contributed by atoms with van der Waals surface area (Å²) in [5.41, 5.74) is 3.64. The van der Waals surface area contributed by atoms with Gasteiger partial charge in [-0.15, -0.1) is 0 Å². The molecule has 0 atom stereocenters. The standard InChI is InChI=1S/C26H18F3NO2/c27-26(28,29)21-10-5-17(6-11-21)9-14-24(31)30-22-12-7-18(8-13-22)15-20-16-19-3-1-2-4-23(19)25(20)32/h1-15H,16H2,(H,30,31)/b14-9+,20-15+. The summed E-state index contributed by atoms with van der Waals surface area (Å²) >= 11 is 0. The van der Waals surface area contributed by atoms with Crippen molar-refractivity contribution in [2.45, 2.75) is 12.6 Å². The molecule has 0 radical (unpaired) electrons. The molecule has 1 N–H and O–H groups in total. The van der Waals surface area contributed by atoms with E-state index in [0.29, 0.717) is 17.7 Å². The number of hydrogen-bond donors (Lipinski definition) is 1. The number of nitrogens with one attached hydrogen (secondary N) is 1. The normalized spacial score (nSPS) is 14.7. The van der Waals surface area contributed by atoms with Crippen LogP contribution in [-0.2, 0) is 17.4 Å². The zero-order valence-corrected chi connectivity index (χ0v) is 16.8. The number of fused-ring (bicyclic) bond motifs is 1. The molecule has 0 fully saturated rings. The van der Waals surface area contributed by atoms with Crippen molar-refractivity contribution in [1.82, 2.24) is 0 Å².